The molecule has 0 aliphatic carbocycles. The minimum Gasteiger partial charge on any atom is -0.444 e. The molecule has 1 heterocycles. The fourth-order valence-corrected chi connectivity index (χ4v) is 1.68. The van der Waals surface area contributed by atoms with Crippen LogP contribution in [-0.4, -0.2) is 35.8 Å². The van der Waals surface area contributed by atoms with Gasteiger partial charge in [-0.1, -0.05) is 13.8 Å². The van der Waals surface area contributed by atoms with Gasteiger partial charge in [0, 0.05) is 13.1 Å². The van der Waals surface area contributed by atoms with Crippen molar-refractivity contribution < 1.29 is 13.7 Å². The maximum Gasteiger partial charge on any atom is 0.410 e. The smallest absolute Gasteiger partial charge is 0.410 e. The van der Waals surface area contributed by atoms with Crippen molar-refractivity contribution >= 4 is 19.0 Å². The third kappa shape index (κ3) is 6.78. The quantitative estimate of drug-likeness (QED) is 0.583. The van der Waals surface area contributed by atoms with E-state index in [2.05, 4.69) is 12.9 Å². The Kier molecular flexibility index (Phi) is 7.63. The van der Waals surface area contributed by atoms with E-state index >= 15 is 0 Å². The molecule has 0 saturated carbocycles. The molecule has 0 atom stereocenters. The first kappa shape index (κ1) is 16.6. The zero-order valence-electron chi connectivity index (χ0n) is 11.5. The van der Waals surface area contributed by atoms with Gasteiger partial charge in [0.25, 0.3) is 0 Å². The van der Waals surface area contributed by atoms with E-state index < -0.39 is 5.60 Å². The Hall–Kier alpha value is -0.420. The molecule has 0 bridgehead atoms. The predicted octanol–water partition coefficient (Wildman–Crippen LogP) is 3.27. The van der Waals surface area contributed by atoms with E-state index in [4.69, 9.17) is 8.92 Å². The van der Waals surface area contributed by atoms with Gasteiger partial charge in [-0.05, 0) is 46.5 Å². The summed E-state index contributed by atoms with van der Waals surface area (Å²) in [5, 5.41) is 0. The molecule has 0 N–H and O–H groups in total. The lowest BCUT2D eigenvalue weighted by Gasteiger charge is -2.32. The summed E-state index contributed by atoms with van der Waals surface area (Å²) in [7, 11) is 0. The summed E-state index contributed by atoms with van der Waals surface area (Å²) < 4.78 is 10.2. The van der Waals surface area contributed by atoms with Gasteiger partial charge < -0.3 is 13.8 Å². The zero-order valence-corrected chi connectivity index (χ0v) is 12.4. The highest BCUT2D eigenvalue weighted by atomic mass is 32.1. The molecule has 1 aliphatic rings. The molecule has 5 heteroatoms. The molecule has 0 radical (unpaired) electrons. The average Bonchev–Trinajstić information content (AvgIpc) is 2.29. The standard InChI is InChI=1S/C10H19NO3S.C2H6/c1-10(2,3)13-9(12)11-6-4-8(14-15)5-7-11;1-2/h8,15H,4-7H2,1-3H3;1-2H3. The monoisotopic (exact) mass is 263 g/mol. The van der Waals surface area contributed by atoms with E-state index in [1.54, 1.807) is 4.90 Å². The molecule has 1 fully saturated rings. The largest absolute Gasteiger partial charge is 0.444 e. The number of piperidine rings is 1. The number of ether oxygens (including phenoxy) is 1. The van der Waals surface area contributed by atoms with Crippen LogP contribution in [0, 0.1) is 0 Å². The second-order valence-corrected chi connectivity index (χ2v) is 4.98. The van der Waals surface area contributed by atoms with Crippen molar-refractivity contribution in [2.24, 2.45) is 0 Å². The maximum atomic E-state index is 11.7. The number of nitrogens with zero attached hydrogens (tertiary/aromatic N) is 1. The van der Waals surface area contributed by atoms with Gasteiger partial charge in [-0.2, -0.15) is 0 Å². The van der Waals surface area contributed by atoms with Crippen molar-refractivity contribution in [1.82, 2.24) is 4.90 Å². The number of amides is 1. The van der Waals surface area contributed by atoms with E-state index in [1.165, 1.54) is 0 Å². The number of hydrogen-bond donors (Lipinski definition) is 1. The molecule has 0 unspecified atom stereocenters. The summed E-state index contributed by atoms with van der Waals surface area (Å²) in [6.07, 6.45) is 1.57. The molecular weight excluding hydrogens is 238 g/mol. The van der Waals surface area contributed by atoms with E-state index in [0.717, 1.165) is 12.8 Å². The lowest BCUT2D eigenvalue weighted by Crippen LogP contribution is -2.43. The molecule has 1 aliphatic heterocycles. The first-order chi connectivity index (χ1) is 7.92. The molecule has 0 aromatic carbocycles. The number of carbonyl (C=O) groups is 1. The number of rotatable bonds is 1. The van der Waals surface area contributed by atoms with E-state index in [9.17, 15) is 4.79 Å². The zero-order chi connectivity index (χ0) is 13.5. The van der Waals surface area contributed by atoms with Crippen LogP contribution in [0.25, 0.3) is 0 Å². The Bertz CT molecular complexity index is 220. The van der Waals surface area contributed by atoms with Crippen LogP contribution in [0.4, 0.5) is 4.79 Å². The van der Waals surface area contributed by atoms with Crippen LogP contribution in [0.15, 0.2) is 0 Å². The van der Waals surface area contributed by atoms with Crippen LogP contribution in [0.3, 0.4) is 0 Å². The summed E-state index contributed by atoms with van der Waals surface area (Å²) in [6.45, 7) is 11.0. The van der Waals surface area contributed by atoms with Gasteiger partial charge in [0.2, 0.25) is 0 Å². The lowest BCUT2D eigenvalue weighted by atomic mass is 10.1. The van der Waals surface area contributed by atoms with Gasteiger partial charge in [0.15, 0.2) is 0 Å². The van der Waals surface area contributed by atoms with Crippen LogP contribution >= 0.6 is 12.9 Å². The maximum absolute atomic E-state index is 11.7. The third-order valence-corrected chi connectivity index (χ3v) is 2.54. The summed E-state index contributed by atoms with van der Waals surface area (Å²) in [5.41, 5.74) is -0.423. The van der Waals surface area contributed by atoms with Crippen LogP contribution < -0.4 is 0 Å². The summed E-state index contributed by atoms with van der Waals surface area (Å²) in [6, 6.07) is 0. The van der Waals surface area contributed by atoms with Crippen molar-refractivity contribution in [3.8, 4) is 0 Å². The molecule has 1 amide bonds. The Labute approximate surface area is 110 Å². The fraction of sp³-hybridized carbons (Fsp3) is 0.917. The van der Waals surface area contributed by atoms with Gasteiger partial charge in [-0.25, -0.2) is 4.79 Å². The topological polar surface area (TPSA) is 38.8 Å². The van der Waals surface area contributed by atoms with Crippen LogP contribution in [-0.2, 0) is 8.92 Å². The van der Waals surface area contributed by atoms with Crippen LogP contribution in [0.1, 0.15) is 47.5 Å². The first-order valence-corrected chi connectivity index (χ1v) is 6.57. The van der Waals surface area contributed by atoms with E-state index in [1.807, 2.05) is 34.6 Å². The number of likely N-dealkylation sites (tertiary alicyclic amines) is 1. The highest BCUT2D eigenvalue weighted by Crippen LogP contribution is 2.17. The third-order valence-electron chi connectivity index (χ3n) is 2.24. The van der Waals surface area contributed by atoms with Crippen molar-refractivity contribution in [2.45, 2.75) is 59.2 Å². The Morgan fingerprint density at radius 2 is 1.71 bits per heavy atom. The van der Waals surface area contributed by atoms with Gasteiger partial charge in [0.1, 0.15) is 5.60 Å². The van der Waals surface area contributed by atoms with E-state index in [0.29, 0.717) is 13.1 Å². The number of hydrogen-bond acceptors (Lipinski definition) is 4. The number of thiol groups is 1. The molecule has 102 valence electrons. The number of carbonyl (C=O) groups excluding carboxylic acids is 1. The SMILES string of the molecule is CC.CC(C)(C)OC(=O)N1CCC(OS)CC1. The Morgan fingerprint density at radius 3 is 2.06 bits per heavy atom. The van der Waals surface area contributed by atoms with Crippen molar-refractivity contribution in [1.29, 1.82) is 0 Å². The molecule has 0 spiro atoms. The molecule has 0 aromatic heterocycles. The predicted molar refractivity (Wildman–Crippen MR) is 72.2 cm³/mol. The average molecular weight is 263 g/mol. The van der Waals surface area contributed by atoms with Gasteiger partial charge >= 0.3 is 6.09 Å². The summed E-state index contributed by atoms with van der Waals surface area (Å²) >= 11 is 3.78. The molecule has 17 heavy (non-hydrogen) atoms. The van der Waals surface area contributed by atoms with Crippen molar-refractivity contribution in [3.05, 3.63) is 0 Å². The molecular formula is C12H25NO3S. The molecule has 4 nitrogen and oxygen atoms in total. The highest BCUT2D eigenvalue weighted by Gasteiger charge is 2.26. The fourth-order valence-electron chi connectivity index (χ4n) is 1.47. The van der Waals surface area contributed by atoms with Crippen molar-refractivity contribution in [2.75, 3.05) is 13.1 Å². The second-order valence-electron chi connectivity index (χ2n) is 4.77. The minimum atomic E-state index is -0.423. The van der Waals surface area contributed by atoms with Gasteiger partial charge in [-0.3, -0.25) is 0 Å². The van der Waals surface area contributed by atoms with Gasteiger partial charge in [-0.15, -0.1) is 0 Å². The van der Waals surface area contributed by atoms with E-state index in [-0.39, 0.29) is 12.2 Å². The second kappa shape index (κ2) is 7.82. The Balaban J connectivity index is 0.00000121. The molecule has 1 saturated heterocycles. The molecule has 0 aromatic rings. The van der Waals surface area contributed by atoms with Gasteiger partial charge in [0.05, 0.1) is 6.10 Å². The highest BCUT2D eigenvalue weighted by molar-refractivity contribution is 7.75. The van der Waals surface area contributed by atoms with Crippen LogP contribution in [0.5, 0.6) is 0 Å². The summed E-state index contributed by atoms with van der Waals surface area (Å²) in [5.74, 6) is 0. The minimum absolute atomic E-state index is 0.159. The molecule has 1 rings (SSSR count). The first-order valence-electron chi connectivity index (χ1n) is 6.20. The lowest BCUT2D eigenvalue weighted by molar-refractivity contribution is 0.0144. The summed E-state index contributed by atoms with van der Waals surface area (Å²) in [4.78, 5) is 13.4. The normalized spacial score (nSPS) is 17.2. The Morgan fingerprint density at radius 1 is 1.24 bits per heavy atom. The van der Waals surface area contributed by atoms with Crippen LogP contribution in [0.2, 0.25) is 0 Å². The van der Waals surface area contributed by atoms with Crippen molar-refractivity contribution in [3.63, 3.8) is 0 Å².